The van der Waals surface area contributed by atoms with Crippen molar-refractivity contribution in [2.45, 2.75) is 19.0 Å². The van der Waals surface area contributed by atoms with Gasteiger partial charge in [0.15, 0.2) is 11.6 Å². The first kappa shape index (κ1) is 19.5. The van der Waals surface area contributed by atoms with Crippen LogP contribution in [0.3, 0.4) is 0 Å². The monoisotopic (exact) mass is 398 g/mol. The third kappa shape index (κ3) is 4.18. The van der Waals surface area contributed by atoms with Crippen molar-refractivity contribution < 1.29 is 4.42 Å². The van der Waals surface area contributed by atoms with Gasteiger partial charge in [-0.3, -0.25) is 5.10 Å². The lowest BCUT2D eigenvalue weighted by molar-refractivity contribution is 0.592. The van der Waals surface area contributed by atoms with E-state index in [0.717, 1.165) is 22.2 Å². The normalized spacial score (nSPS) is 11.3. The number of aromatic nitrogens is 4. The number of fused-ring (bicyclic) bond motifs is 1. The van der Waals surface area contributed by atoms with E-state index in [1.54, 1.807) is 0 Å². The molecule has 3 aromatic heterocycles. The second-order valence-electron chi connectivity index (χ2n) is 5.42. The first-order valence-electron chi connectivity index (χ1n) is 8.73. The molecule has 9 nitrogen and oxygen atoms in total. The van der Waals surface area contributed by atoms with Crippen molar-refractivity contribution in [2.24, 2.45) is 16.8 Å². The lowest BCUT2D eigenvalue weighted by Crippen LogP contribution is -2.33. The van der Waals surface area contributed by atoms with Crippen LogP contribution in [0.1, 0.15) is 13.8 Å². The largest absolute Gasteiger partial charge is 0.453 e. The summed E-state index contributed by atoms with van der Waals surface area (Å²) >= 11 is 1.35. The van der Waals surface area contributed by atoms with Crippen molar-refractivity contribution in [3.8, 4) is 22.9 Å². The molecule has 0 aliphatic heterocycles. The fourth-order valence-electron chi connectivity index (χ4n) is 2.49. The molecule has 146 valence electrons. The highest BCUT2D eigenvalue weighted by molar-refractivity contribution is 7.99. The zero-order chi connectivity index (χ0) is 19.9. The summed E-state index contributed by atoms with van der Waals surface area (Å²) in [6.07, 6.45) is 1.91. The van der Waals surface area contributed by atoms with Crippen molar-refractivity contribution in [1.29, 1.82) is 0 Å². The van der Waals surface area contributed by atoms with E-state index in [0.29, 0.717) is 28.3 Å². The summed E-state index contributed by atoms with van der Waals surface area (Å²) in [7, 11) is 0. The Hall–Kier alpha value is -3.24. The van der Waals surface area contributed by atoms with Gasteiger partial charge in [0.25, 0.3) is 0 Å². The van der Waals surface area contributed by atoms with E-state index in [2.05, 4.69) is 36.8 Å². The number of nitrogens with one attached hydrogen (secondary N) is 3. The number of hydrogen-bond acceptors (Lipinski definition) is 7. The molecule has 1 aromatic carbocycles. The average Bonchev–Trinajstić information content (AvgIpc) is 3.49. The number of rotatable bonds is 5. The number of furan rings is 1. The lowest BCUT2D eigenvalue weighted by atomic mass is 10.1. The number of hydrazone groups is 1. The summed E-state index contributed by atoms with van der Waals surface area (Å²) in [4.78, 5) is 7.60. The van der Waals surface area contributed by atoms with Gasteiger partial charge in [0.1, 0.15) is 11.6 Å². The Morgan fingerprint density at radius 2 is 2.04 bits per heavy atom. The molecule has 0 bridgehead atoms. The summed E-state index contributed by atoms with van der Waals surface area (Å²) < 4.78 is 5.93. The maximum absolute atomic E-state index is 5.93. The molecule has 10 heteroatoms. The molecule has 0 atom stereocenters. The van der Waals surface area contributed by atoms with Gasteiger partial charge >= 0.3 is 0 Å². The first-order chi connectivity index (χ1) is 13.8. The van der Waals surface area contributed by atoms with Crippen LogP contribution in [0, 0.1) is 0 Å². The summed E-state index contributed by atoms with van der Waals surface area (Å²) in [6, 6.07) is 11.9. The molecule has 0 unspecified atom stereocenters. The molecule has 0 saturated heterocycles. The van der Waals surface area contributed by atoms with Gasteiger partial charge in [-0.1, -0.05) is 37.7 Å². The van der Waals surface area contributed by atoms with Crippen LogP contribution in [0.2, 0.25) is 0 Å². The number of thioether (sulfide) groups is 1. The van der Waals surface area contributed by atoms with Crippen LogP contribution in [-0.4, -0.2) is 31.8 Å². The molecule has 0 spiro atoms. The molecule has 0 radical (unpaired) electrons. The van der Waals surface area contributed by atoms with Gasteiger partial charge in [0, 0.05) is 17.3 Å². The van der Waals surface area contributed by atoms with Crippen LogP contribution < -0.4 is 17.1 Å². The Kier molecular flexibility index (Phi) is 6.35. The van der Waals surface area contributed by atoms with Crippen molar-refractivity contribution in [3.05, 3.63) is 42.6 Å². The molecule has 0 aliphatic rings. The first-order valence-corrected chi connectivity index (χ1v) is 9.71. The fraction of sp³-hybridized carbons (Fsp3) is 0.167. The highest BCUT2D eigenvalue weighted by Gasteiger charge is 2.12. The van der Waals surface area contributed by atoms with Crippen molar-refractivity contribution >= 4 is 28.5 Å². The maximum atomic E-state index is 5.93. The molecule has 7 N–H and O–H groups in total. The number of H-pyrrole nitrogens is 2. The van der Waals surface area contributed by atoms with Crippen LogP contribution >= 0.6 is 11.8 Å². The summed E-state index contributed by atoms with van der Waals surface area (Å²) in [6.45, 7) is 4.00. The number of aromatic amines is 2. The van der Waals surface area contributed by atoms with Crippen LogP contribution in [0.4, 0.5) is 0 Å². The number of benzene rings is 1. The molecule has 0 saturated carbocycles. The van der Waals surface area contributed by atoms with Crippen molar-refractivity contribution in [3.63, 3.8) is 0 Å². The molecular formula is C18H22N8OS. The van der Waals surface area contributed by atoms with Crippen LogP contribution in [0.5, 0.6) is 0 Å². The van der Waals surface area contributed by atoms with E-state index in [1.807, 2.05) is 50.4 Å². The molecule has 4 rings (SSSR count). The minimum atomic E-state index is 0.434. The highest BCUT2D eigenvalue weighted by Crippen LogP contribution is 2.29. The van der Waals surface area contributed by atoms with E-state index in [4.69, 9.17) is 16.1 Å². The topological polar surface area (TPSA) is 147 Å². The van der Waals surface area contributed by atoms with Crippen molar-refractivity contribution in [1.82, 2.24) is 25.6 Å². The minimum Gasteiger partial charge on any atom is -0.453 e. The van der Waals surface area contributed by atoms with Crippen LogP contribution in [0.25, 0.3) is 33.8 Å². The minimum absolute atomic E-state index is 0.434. The third-order valence-electron chi connectivity index (χ3n) is 3.80. The van der Waals surface area contributed by atoms with Gasteiger partial charge in [-0.15, -0.1) is 5.10 Å². The number of nitrogens with two attached hydrogens (primary N) is 2. The van der Waals surface area contributed by atoms with Gasteiger partial charge in [-0.25, -0.2) is 5.84 Å². The Balaban J connectivity index is 0.00000109. The molecule has 0 fully saturated rings. The molecule has 4 aromatic rings. The number of hydrazine groups is 1. The van der Waals surface area contributed by atoms with E-state index >= 15 is 0 Å². The lowest BCUT2D eigenvalue weighted by Gasteiger charge is -1.99. The predicted octanol–water partition coefficient (Wildman–Crippen LogP) is 3.07. The average molecular weight is 398 g/mol. The van der Waals surface area contributed by atoms with Gasteiger partial charge in [0.2, 0.25) is 5.16 Å². The summed E-state index contributed by atoms with van der Waals surface area (Å²) in [5.41, 5.74) is 4.45. The van der Waals surface area contributed by atoms with Gasteiger partial charge in [-0.2, -0.15) is 10.1 Å². The Morgan fingerprint density at radius 3 is 2.82 bits per heavy atom. The summed E-state index contributed by atoms with van der Waals surface area (Å²) in [5.74, 6) is 13.3. The summed E-state index contributed by atoms with van der Waals surface area (Å²) in [5, 5.41) is 12.2. The van der Waals surface area contributed by atoms with Crippen LogP contribution in [-0.2, 0) is 0 Å². The second-order valence-corrected chi connectivity index (χ2v) is 6.36. The second kappa shape index (κ2) is 9.11. The molecule has 28 heavy (non-hydrogen) atoms. The Labute approximate surface area is 166 Å². The number of amidine groups is 1. The highest BCUT2D eigenvalue weighted by atomic mass is 32.2. The van der Waals surface area contributed by atoms with Crippen LogP contribution in [0.15, 0.2) is 57.3 Å². The van der Waals surface area contributed by atoms with Gasteiger partial charge in [0.05, 0.1) is 5.75 Å². The van der Waals surface area contributed by atoms with E-state index < -0.39 is 0 Å². The van der Waals surface area contributed by atoms with Crippen molar-refractivity contribution in [2.75, 3.05) is 5.75 Å². The van der Waals surface area contributed by atoms with Gasteiger partial charge in [-0.05, 0) is 29.7 Å². The third-order valence-corrected chi connectivity index (χ3v) is 4.66. The quantitative estimate of drug-likeness (QED) is 0.114. The van der Waals surface area contributed by atoms with E-state index in [9.17, 15) is 0 Å². The molecule has 3 heterocycles. The zero-order valence-electron chi connectivity index (χ0n) is 15.6. The van der Waals surface area contributed by atoms with E-state index in [-0.39, 0.29) is 0 Å². The predicted molar refractivity (Wildman–Crippen MR) is 112 cm³/mol. The van der Waals surface area contributed by atoms with E-state index in [1.165, 1.54) is 11.8 Å². The van der Waals surface area contributed by atoms with Gasteiger partial charge < -0.3 is 20.7 Å². The number of hydrogen-bond donors (Lipinski definition) is 5. The maximum Gasteiger partial charge on any atom is 0.209 e. The number of nitrogens with zero attached hydrogens (tertiary/aromatic N) is 3. The smallest absolute Gasteiger partial charge is 0.209 e. The zero-order valence-corrected chi connectivity index (χ0v) is 16.4. The fourth-order valence-corrected chi connectivity index (χ4v) is 3.18. The Bertz CT molecular complexity index is 1060. The molecular weight excluding hydrogens is 376 g/mol. The molecule has 0 aliphatic carbocycles. The Morgan fingerprint density at radius 1 is 1.21 bits per heavy atom. The SMILES string of the molecule is CC.N/N=C(/CSc1n[nH]c(-c2ccc(-c3ccc4cc[nH]c4c3)o2)n1)NN. The molecule has 0 amide bonds. The standard InChI is InChI=1S/C16H16N8OS.C2H6/c17-21-14(22-18)8-26-16-20-15(23-24-16)13-4-3-12(25-13)10-2-1-9-5-6-19-11(9)7-10;1-2/h1-7,19H,8,17-18H2,(H,21,22)(H,20,23,24);1-2H3.